The van der Waals surface area contributed by atoms with E-state index in [0.717, 1.165) is 5.56 Å². The summed E-state index contributed by atoms with van der Waals surface area (Å²) >= 11 is 0. The lowest BCUT2D eigenvalue weighted by Crippen LogP contribution is -2.52. The van der Waals surface area contributed by atoms with Gasteiger partial charge in [-0.2, -0.15) is 0 Å². The Balaban J connectivity index is 2.87. The number of hydrogen-bond donors (Lipinski definition) is 1. The topological polar surface area (TPSA) is 59.2 Å². The fourth-order valence-electron chi connectivity index (χ4n) is 1.75. The van der Waals surface area contributed by atoms with Gasteiger partial charge in [0.15, 0.2) is 0 Å². The van der Waals surface area contributed by atoms with E-state index in [1.165, 1.54) is 0 Å². The molecule has 0 aliphatic heterocycles. The first kappa shape index (κ1) is 15.6. The maximum atomic E-state index is 12.5. The van der Waals surface area contributed by atoms with E-state index >= 15 is 0 Å². The van der Waals surface area contributed by atoms with Crippen molar-refractivity contribution in [3.63, 3.8) is 0 Å². The Morgan fingerprint density at radius 3 is 2.47 bits per heavy atom. The molecule has 2 N–H and O–H groups in total. The van der Waals surface area contributed by atoms with E-state index < -0.39 is 6.04 Å². The molecule has 0 saturated carbocycles. The second-order valence-corrected chi connectivity index (χ2v) is 6.26. The third-order valence-corrected chi connectivity index (χ3v) is 3.18. The number of nitrogens with two attached hydrogens (primary N) is 1. The van der Waals surface area contributed by atoms with Gasteiger partial charge in [0.05, 0.1) is 6.04 Å². The van der Waals surface area contributed by atoms with Crippen molar-refractivity contribution in [2.24, 2.45) is 11.1 Å². The number of nitrogens with zero attached hydrogens (tertiary/aromatic N) is 2. The molecule has 0 aliphatic carbocycles. The van der Waals surface area contributed by atoms with Gasteiger partial charge in [0.25, 0.3) is 0 Å². The third-order valence-electron chi connectivity index (χ3n) is 3.18. The Morgan fingerprint density at radius 1 is 1.42 bits per heavy atom. The molecule has 1 unspecified atom stereocenters. The first-order chi connectivity index (χ1) is 8.73. The minimum absolute atomic E-state index is 0.00801. The van der Waals surface area contributed by atoms with Gasteiger partial charge in [-0.25, -0.2) is 0 Å². The van der Waals surface area contributed by atoms with Crippen LogP contribution in [0.25, 0.3) is 0 Å². The number of carbonyl (C=O) groups is 1. The van der Waals surface area contributed by atoms with E-state index in [4.69, 9.17) is 5.73 Å². The summed E-state index contributed by atoms with van der Waals surface area (Å²) < 4.78 is 0. The SMILES string of the molecule is CC(C)N(Cc1cccnc1)C(=O)C(N)C(C)(C)C. The lowest BCUT2D eigenvalue weighted by molar-refractivity contribution is -0.137. The summed E-state index contributed by atoms with van der Waals surface area (Å²) in [6, 6.07) is 3.47. The number of aromatic nitrogens is 1. The highest BCUT2D eigenvalue weighted by Gasteiger charge is 2.32. The van der Waals surface area contributed by atoms with Gasteiger partial charge < -0.3 is 10.6 Å². The largest absolute Gasteiger partial charge is 0.335 e. The van der Waals surface area contributed by atoms with E-state index in [2.05, 4.69) is 4.98 Å². The third kappa shape index (κ3) is 4.31. The molecule has 19 heavy (non-hydrogen) atoms. The zero-order valence-electron chi connectivity index (χ0n) is 12.6. The number of rotatable bonds is 4. The van der Waals surface area contributed by atoms with Crippen LogP contribution in [0.4, 0.5) is 0 Å². The maximum absolute atomic E-state index is 12.5. The Labute approximate surface area is 116 Å². The van der Waals surface area contributed by atoms with Gasteiger partial charge in [-0.05, 0) is 30.9 Å². The molecule has 0 fully saturated rings. The van der Waals surface area contributed by atoms with E-state index in [9.17, 15) is 4.79 Å². The van der Waals surface area contributed by atoms with E-state index in [1.54, 1.807) is 12.4 Å². The van der Waals surface area contributed by atoms with Gasteiger partial charge >= 0.3 is 0 Å². The quantitative estimate of drug-likeness (QED) is 0.906. The highest BCUT2D eigenvalue weighted by molar-refractivity contribution is 5.82. The molecule has 1 atom stereocenters. The Bertz CT molecular complexity index is 409. The van der Waals surface area contributed by atoms with Crippen LogP contribution in [0.1, 0.15) is 40.2 Å². The molecule has 1 heterocycles. The van der Waals surface area contributed by atoms with Crippen molar-refractivity contribution in [3.05, 3.63) is 30.1 Å². The Kier molecular flexibility index (Phi) is 5.06. The first-order valence-electron chi connectivity index (χ1n) is 6.68. The molecule has 0 aromatic carbocycles. The molecule has 4 nitrogen and oxygen atoms in total. The van der Waals surface area contributed by atoms with Crippen molar-refractivity contribution in [1.82, 2.24) is 9.88 Å². The lowest BCUT2D eigenvalue weighted by atomic mass is 9.86. The van der Waals surface area contributed by atoms with Gasteiger partial charge in [0.1, 0.15) is 0 Å². The second-order valence-electron chi connectivity index (χ2n) is 6.26. The van der Waals surface area contributed by atoms with E-state index in [-0.39, 0.29) is 17.4 Å². The average Bonchev–Trinajstić information content (AvgIpc) is 2.34. The molecule has 0 saturated heterocycles. The van der Waals surface area contributed by atoms with Crippen molar-refractivity contribution in [2.75, 3.05) is 0 Å². The van der Waals surface area contributed by atoms with Crippen molar-refractivity contribution >= 4 is 5.91 Å². The van der Waals surface area contributed by atoms with Crippen LogP contribution in [0, 0.1) is 5.41 Å². The van der Waals surface area contributed by atoms with Crippen LogP contribution in [-0.4, -0.2) is 27.9 Å². The molecule has 1 aromatic rings. The lowest BCUT2D eigenvalue weighted by Gasteiger charge is -2.34. The van der Waals surface area contributed by atoms with Gasteiger partial charge in [-0.1, -0.05) is 26.8 Å². The normalized spacial score (nSPS) is 13.4. The molecule has 1 amide bonds. The van der Waals surface area contributed by atoms with Crippen LogP contribution in [-0.2, 0) is 11.3 Å². The minimum atomic E-state index is -0.494. The minimum Gasteiger partial charge on any atom is -0.335 e. The van der Waals surface area contributed by atoms with Gasteiger partial charge in [0, 0.05) is 25.0 Å². The van der Waals surface area contributed by atoms with Crippen LogP contribution < -0.4 is 5.73 Å². The standard InChI is InChI=1S/C15H25N3O/c1-11(2)18(10-12-7-6-8-17-9-12)14(19)13(16)15(3,4)5/h6-9,11,13H,10,16H2,1-5H3. The first-order valence-corrected chi connectivity index (χ1v) is 6.68. The van der Waals surface area contributed by atoms with Crippen LogP contribution in [0.3, 0.4) is 0 Å². The summed E-state index contributed by atoms with van der Waals surface area (Å²) in [4.78, 5) is 18.4. The smallest absolute Gasteiger partial charge is 0.240 e. The molecule has 106 valence electrons. The number of amides is 1. The fourth-order valence-corrected chi connectivity index (χ4v) is 1.75. The molecule has 1 aromatic heterocycles. The highest BCUT2D eigenvalue weighted by Crippen LogP contribution is 2.21. The molecule has 0 aliphatic rings. The zero-order valence-corrected chi connectivity index (χ0v) is 12.6. The monoisotopic (exact) mass is 263 g/mol. The van der Waals surface area contributed by atoms with Crippen LogP contribution in [0.2, 0.25) is 0 Å². The Hall–Kier alpha value is -1.42. The summed E-state index contributed by atoms with van der Waals surface area (Å²) in [6.07, 6.45) is 3.51. The number of hydrogen-bond acceptors (Lipinski definition) is 3. The van der Waals surface area contributed by atoms with Gasteiger partial charge in [-0.15, -0.1) is 0 Å². The number of pyridine rings is 1. The average molecular weight is 263 g/mol. The fraction of sp³-hybridized carbons (Fsp3) is 0.600. The van der Waals surface area contributed by atoms with Gasteiger partial charge in [-0.3, -0.25) is 9.78 Å². The molecule has 0 bridgehead atoms. The van der Waals surface area contributed by atoms with Crippen molar-refractivity contribution in [2.45, 2.75) is 53.2 Å². The summed E-state index contributed by atoms with van der Waals surface area (Å²) in [5.74, 6) is -0.00801. The molecule has 0 radical (unpaired) electrons. The molecular formula is C15H25N3O. The van der Waals surface area contributed by atoms with Crippen molar-refractivity contribution in [3.8, 4) is 0 Å². The van der Waals surface area contributed by atoms with E-state index in [1.807, 2.05) is 51.7 Å². The van der Waals surface area contributed by atoms with Crippen LogP contribution in [0.5, 0.6) is 0 Å². The van der Waals surface area contributed by atoms with Gasteiger partial charge in [0.2, 0.25) is 5.91 Å². The zero-order chi connectivity index (χ0) is 14.6. The summed E-state index contributed by atoms with van der Waals surface area (Å²) in [6.45, 7) is 10.5. The molecule has 1 rings (SSSR count). The van der Waals surface area contributed by atoms with Crippen LogP contribution in [0.15, 0.2) is 24.5 Å². The highest BCUT2D eigenvalue weighted by atomic mass is 16.2. The maximum Gasteiger partial charge on any atom is 0.240 e. The van der Waals surface area contributed by atoms with E-state index in [0.29, 0.717) is 6.54 Å². The summed E-state index contributed by atoms with van der Waals surface area (Å²) in [7, 11) is 0. The molecule has 4 heteroatoms. The summed E-state index contributed by atoms with van der Waals surface area (Å²) in [5.41, 5.74) is 6.86. The Morgan fingerprint density at radius 2 is 2.05 bits per heavy atom. The van der Waals surface area contributed by atoms with Crippen molar-refractivity contribution < 1.29 is 4.79 Å². The second kappa shape index (κ2) is 6.15. The predicted molar refractivity (Wildman–Crippen MR) is 77.4 cm³/mol. The predicted octanol–water partition coefficient (Wildman–Crippen LogP) is 2.19. The molecular weight excluding hydrogens is 238 g/mol. The molecule has 0 spiro atoms. The number of carbonyl (C=O) groups excluding carboxylic acids is 1. The van der Waals surface area contributed by atoms with Crippen molar-refractivity contribution in [1.29, 1.82) is 0 Å². The summed E-state index contributed by atoms with van der Waals surface area (Å²) in [5, 5.41) is 0. The van der Waals surface area contributed by atoms with Crippen LogP contribution >= 0.6 is 0 Å².